The van der Waals surface area contributed by atoms with E-state index in [1.165, 1.54) is 12.3 Å². The minimum Gasteiger partial charge on any atom is -0.463 e. The van der Waals surface area contributed by atoms with Crippen molar-refractivity contribution in [3.63, 3.8) is 0 Å². The Labute approximate surface area is 127 Å². The van der Waals surface area contributed by atoms with Crippen LogP contribution in [0.2, 0.25) is 0 Å². The van der Waals surface area contributed by atoms with Gasteiger partial charge in [0, 0.05) is 12.1 Å². The molecule has 6 heteroatoms. The summed E-state index contributed by atoms with van der Waals surface area (Å²) < 4.78 is 5.23. The Hall–Kier alpha value is -2.34. The summed E-state index contributed by atoms with van der Waals surface area (Å²) in [5.74, 6) is 0.224. The van der Waals surface area contributed by atoms with Crippen LogP contribution >= 0.6 is 0 Å². The molecule has 0 radical (unpaired) electrons. The third-order valence-corrected chi connectivity index (χ3v) is 4.02. The van der Waals surface area contributed by atoms with Gasteiger partial charge < -0.3 is 20.0 Å². The van der Waals surface area contributed by atoms with Crippen LogP contribution in [0, 0.1) is 0 Å². The maximum Gasteiger partial charge on any atom is 0.261 e. The number of aromatic nitrogens is 1. The monoisotopic (exact) mass is 301 g/mol. The molecule has 1 aliphatic rings. The first-order chi connectivity index (χ1) is 10.6. The van der Waals surface area contributed by atoms with E-state index < -0.39 is 5.56 Å². The molecule has 0 saturated carbocycles. The molecule has 3 heterocycles. The minimum atomic E-state index is -0.414. The van der Waals surface area contributed by atoms with Crippen LogP contribution in [0.1, 0.15) is 30.1 Å². The quantitative estimate of drug-likeness (QED) is 0.802. The van der Waals surface area contributed by atoms with E-state index in [2.05, 4.69) is 15.6 Å². The van der Waals surface area contributed by atoms with Gasteiger partial charge in [-0.05, 0) is 50.6 Å². The second kappa shape index (κ2) is 6.19. The van der Waals surface area contributed by atoms with E-state index in [4.69, 9.17) is 4.42 Å². The fourth-order valence-electron chi connectivity index (χ4n) is 2.72. The molecular weight excluding hydrogens is 282 g/mol. The standard InChI is InChI=1S/C16H19N3O3/c1-10-12(4-2-8-17-10)18-15(20)11-6-7-13(19-16(11)21)14-5-3-9-22-14/h3,5-7,9-10,12,17H,2,4,8H2,1H3,(H,18,20)(H,19,21). The van der Waals surface area contributed by atoms with Crippen LogP contribution in [0.15, 0.2) is 39.7 Å². The van der Waals surface area contributed by atoms with Gasteiger partial charge in [-0.3, -0.25) is 9.59 Å². The molecule has 1 aliphatic heterocycles. The van der Waals surface area contributed by atoms with Gasteiger partial charge >= 0.3 is 0 Å². The number of amides is 1. The maximum atomic E-state index is 12.3. The van der Waals surface area contributed by atoms with Crippen LogP contribution < -0.4 is 16.2 Å². The summed E-state index contributed by atoms with van der Waals surface area (Å²) in [6.07, 6.45) is 3.47. The van der Waals surface area contributed by atoms with E-state index in [0.717, 1.165) is 19.4 Å². The second-order valence-corrected chi connectivity index (χ2v) is 5.56. The van der Waals surface area contributed by atoms with E-state index >= 15 is 0 Å². The molecule has 3 rings (SSSR count). The van der Waals surface area contributed by atoms with Crippen molar-refractivity contribution < 1.29 is 9.21 Å². The van der Waals surface area contributed by atoms with Gasteiger partial charge in [0.15, 0.2) is 0 Å². The van der Waals surface area contributed by atoms with Crippen molar-refractivity contribution in [2.24, 2.45) is 0 Å². The van der Waals surface area contributed by atoms with E-state index in [9.17, 15) is 9.59 Å². The number of hydrogen-bond acceptors (Lipinski definition) is 4. The van der Waals surface area contributed by atoms with Crippen molar-refractivity contribution in [3.05, 3.63) is 46.4 Å². The normalized spacial score (nSPS) is 21.5. The Morgan fingerprint density at radius 3 is 2.91 bits per heavy atom. The summed E-state index contributed by atoms with van der Waals surface area (Å²) in [7, 11) is 0. The molecule has 1 fully saturated rings. The molecule has 3 N–H and O–H groups in total. The highest BCUT2D eigenvalue weighted by Crippen LogP contribution is 2.16. The maximum absolute atomic E-state index is 12.3. The zero-order chi connectivity index (χ0) is 15.5. The molecule has 0 aliphatic carbocycles. The van der Waals surface area contributed by atoms with Gasteiger partial charge in [0.05, 0.1) is 12.0 Å². The average Bonchev–Trinajstić information content (AvgIpc) is 3.03. The lowest BCUT2D eigenvalue weighted by atomic mass is 9.99. The molecule has 22 heavy (non-hydrogen) atoms. The summed E-state index contributed by atoms with van der Waals surface area (Å²) >= 11 is 0. The molecule has 0 bridgehead atoms. The molecule has 2 atom stereocenters. The average molecular weight is 301 g/mol. The highest BCUT2D eigenvalue weighted by atomic mass is 16.3. The lowest BCUT2D eigenvalue weighted by Gasteiger charge is -2.30. The van der Waals surface area contributed by atoms with Gasteiger partial charge in [0.2, 0.25) is 0 Å². The van der Waals surface area contributed by atoms with Crippen molar-refractivity contribution in [3.8, 4) is 11.5 Å². The molecule has 2 unspecified atom stereocenters. The number of aromatic amines is 1. The highest BCUT2D eigenvalue weighted by Gasteiger charge is 2.23. The first-order valence-corrected chi connectivity index (χ1v) is 7.46. The smallest absolute Gasteiger partial charge is 0.261 e. The molecule has 116 valence electrons. The van der Waals surface area contributed by atoms with E-state index in [-0.39, 0.29) is 23.6 Å². The Morgan fingerprint density at radius 2 is 2.23 bits per heavy atom. The Bertz CT molecular complexity index is 706. The number of piperidine rings is 1. The highest BCUT2D eigenvalue weighted by molar-refractivity contribution is 5.94. The van der Waals surface area contributed by atoms with Gasteiger partial charge in [-0.1, -0.05) is 0 Å². The van der Waals surface area contributed by atoms with Crippen molar-refractivity contribution in [1.82, 2.24) is 15.6 Å². The first kappa shape index (κ1) is 14.6. The van der Waals surface area contributed by atoms with Crippen molar-refractivity contribution in [2.45, 2.75) is 31.8 Å². The lowest BCUT2D eigenvalue weighted by Crippen LogP contribution is -2.52. The van der Waals surface area contributed by atoms with Gasteiger partial charge in [-0.15, -0.1) is 0 Å². The van der Waals surface area contributed by atoms with Crippen LogP contribution in [0.3, 0.4) is 0 Å². The number of hydrogen-bond donors (Lipinski definition) is 3. The number of carbonyl (C=O) groups is 1. The molecule has 2 aromatic heterocycles. The summed E-state index contributed by atoms with van der Waals surface area (Å²) in [5.41, 5.74) is 0.259. The van der Waals surface area contributed by atoms with Gasteiger partial charge in [-0.2, -0.15) is 0 Å². The topological polar surface area (TPSA) is 87.1 Å². The third kappa shape index (κ3) is 2.96. The van der Waals surface area contributed by atoms with Crippen molar-refractivity contribution in [1.29, 1.82) is 0 Å². The zero-order valence-corrected chi connectivity index (χ0v) is 12.4. The number of pyridine rings is 1. The van der Waals surface area contributed by atoms with E-state index in [1.54, 1.807) is 18.2 Å². The predicted molar refractivity (Wildman–Crippen MR) is 82.7 cm³/mol. The molecule has 1 amide bonds. The molecular formula is C16H19N3O3. The van der Waals surface area contributed by atoms with Gasteiger partial charge in [-0.25, -0.2) is 0 Å². The third-order valence-electron chi connectivity index (χ3n) is 4.02. The van der Waals surface area contributed by atoms with Crippen LogP contribution in [0.25, 0.3) is 11.5 Å². The minimum absolute atomic E-state index is 0.0467. The Balaban J connectivity index is 1.77. The number of nitrogens with one attached hydrogen (secondary N) is 3. The van der Waals surface area contributed by atoms with Gasteiger partial charge in [0.1, 0.15) is 11.3 Å². The summed E-state index contributed by atoms with van der Waals surface area (Å²) in [5, 5.41) is 6.25. The number of rotatable bonds is 3. The Kier molecular flexibility index (Phi) is 4.11. The van der Waals surface area contributed by atoms with Crippen molar-refractivity contribution >= 4 is 5.91 Å². The van der Waals surface area contributed by atoms with Crippen LogP contribution in [-0.4, -0.2) is 29.5 Å². The Morgan fingerprint density at radius 1 is 1.36 bits per heavy atom. The molecule has 0 spiro atoms. The molecule has 1 saturated heterocycles. The molecule has 2 aromatic rings. The number of carbonyl (C=O) groups excluding carboxylic acids is 1. The summed E-state index contributed by atoms with van der Waals surface area (Å²) in [6, 6.07) is 6.96. The first-order valence-electron chi connectivity index (χ1n) is 7.46. The summed E-state index contributed by atoms with van der Waals surface area (Å²) in [6.45, 7) is 3.00. The van der Waals surface area contributed by atoms with Gasteiger partial charge in [0.25, 0.3) is 11.5 Å². The van der Waals surface area contributed by atoms with Crippen LogP contribution in [0.5, 0.6) is 0 Å². The zero-order valence-electron chi connectivity index (χ0n) is 12.4. The molecule has 6 nitrogen and oxygen atoms in total. The SMILES string of the molecule is CC1NCCCC1NC(=O)c1ccc(-c2ccco2)[nH]c1=O. The second-order valence-electron chi connectivity index (χ2n) is 5.56. The fraction of sp³-hybridized carbons (Fsp3) is 0.375. The molecule has 0 aromatic carbocycles. The van der Waals surface area contributed by atoms with E-state index in [1.807, 2.05) is 6.92 Å². The fourth-order valence-corrected chi connectivity index (χ4v) is 2.72. The number of H-pyrrole nitrogens is 1. The van der Waals surface area contributed by atoms with Crippen molar-refractivity contribution in [2.75, 3.05) is 6.54 Å². The lowest BCUT2D eigenvalue weighted by molar-refractivity contribution is 0.0918. The largest absolute Gasteiger partial charge is 0.463 e. The summed E-state index contributed by atoms with van der Waals surface area (Å²) in [4.78, 5) is 27.1. The van der Waals surface area contributed by atoms with E-state index in [0.29, 0.717) is 11.5 Å². The van der Waals surface area contributed by atoms with Crippen LogP contribution in [0.4, 0.5) is 0 Å². The number of furan rings is 1. The van der Waals surface area contributed by atoms with Crippen LogP contribution in [-0.2, 0) is 0 Å². The predicted octanol–water partition coefficient (Wildman–Crippen LogP) is 1.51.